The van der Waals surface area contributed by atoms with E-state index < -0.39 is 10.1 Å². The van der Waals surface area contributed by atoms with Crippen LogP contribution in [-0.2, 0) is 10.1 Å². The molecule has 96 valence electrons. The molecule has 0 radical (unpaired) electrons. The van der Waals surface area contributed by atoms with Crippen LogP contribution in [0.3, 0.4) is 0 Å². The molecule has 0 spiro atoms. The third-order valence-electron chi connectivity index (χ3n) is 2.40. The van der Waals surface area contributed by atoms with Gasteiger partial charge in [-0.05, 0) is 37.6 Å². The van der Waals surface area contributed by atoms with Crippen LogP contribution in [0.25, 0.3) is 0 Å². The maximum absolute atomic E-state index is 10.5. The monoisotopic (exact) mass is 277 g/mol. The molecule has 4 nitrogen and oxygen atoms in total. The fourth-order valence-corrected chi connectivity index (χ4v) is 2.08. The van der Waals surface area contributed by atoms with Gasteiger partial charge in [0.05, 0.1) is 5.75 Å². The van der Waals surface area contributed by atoms with Gasteiger partial charge in [0.25, 0.3) is 10.1 Å². The molecule has 2 N–H and O–H groups in total. The van der Waals surface area contributed by atoms with Gasteiger partial charge in [0.2, 0.25) is 0 Å². The molecule has 1 aromatic carbocycles. The van der Waals surface area contributed by atoms with Crippen molar-refractivity contribution in [3.63, 3.8) is 0 Å². The quantitative estimate of drug-likeness (QED) is 0.618. The molecule has 0 unspecified atom stereocenters. The lowest BCUT2D eigenvalue weighted by Crippen LogP contribution is -2.21. The Hall–Kier alpha value is -0.620. The molecule has 0 bridgehead atoms. The minimum absolute atomic E-state index is 0.119. The molecule has 17 heavy (non-hydrogen) atoms. The second-order valence-corrected chi connectivity index (χ2v) is 5.88. The lowest BCUT2D eigenvalue weighted by atomic mass is 10.1. The fraction of sp³-hybridized carbons (Fsp3) is 0.455. The summed E-state index contributed by atoms with van der Waals surface area (Å²) >= 11 is 5.78. The lowest BCUT2D eigenvalue weighted by Gasteiger charge is -2.13. The average molecular weight is 278 g/mol. The van der Waals surface area contributed by atoms with Gasteiger partial charge in [-0.15, -0.1) is 0 Å². The highest BCUT2D eigenvalue weighted by Gasteiger charge is 2.06. The Morgan fingerprint density at radius 2 is 1.94 bits per heavy atom. The number of nitrogens with one attached hydrogen (secondary N) is 1. The Morgan fingerprint density at radius 1 is 1.35 bits per heavy atom. The van der Waals surface area contributed by atoms with E-state index in [0.717, 1.165) is 5.56 Å². The Labute approximate surface area is 107 Å². The van der Waals surface area contributed by atoms with Crippen LogP contribution in [0.15, 0.2) is 24.3 Å². The van der Waals surface area contributed by atoms with Crippen molar-refractivity contribution < 1.29 is 13.0 Å². The zero-order chi connectivity index (χ0) is 12.9. The maximum Gasteiger partial charge on any atom is 0.264 e. The van der Waals surface area contributed by atoms with E-state index in [4.69, 9.17) is 16.2 Å². The van der Waals surface area contributed by atoms with E-state index in [9.17, 15) is 8.42 Å². The summed E-state index contributed by atoms with van der Waals surface area (Å²) in [5, 5.41) is 3.86. The molecular formula is C11H16ClNO3S. The maximum atomic E-state index is 10.5. The van der Waals surface area contributed by atoms with Gasteiger partial charge in [-0.2, -0.15) is 8.42 Å². The van der Waals surface area contributed by atoms with Crippen LogP contribution < -0.4 is 5.32 Å². The Kier molecular flexibility index (Phi) is 5.39. The number of hydrogen-bond donors (Lipinski definition) is 2. The summed E-state index contributed by atoms with van der Waals surface area (Å²) in [6, 6.07) is 7.58. The summed E-state index contributed by atoms with van der Waals surface area (Å²) in [6.07, 6.45) is 0.386. The van der Waals surface area contributed by atoms with Crippen LogP contribution in [0.4, 0.5) is 0 Å². The standard InChI is InChI=1S/C11H16ClNO3S/c1-9(10-3-5-11(12)6-4-10)13-7-2-8-17(14,15)16/h3-6,9,13H,2,7-8H2,1H3,(H,14,15,16)/t9-/m0/s1. The van der Waals surface area contributed by atoms with Crippen LogP contribution in [0.5, 0.6) is 0 Å². The smallest absolute Gasteiger partial charge is 0.264 e. The molecule has 0 saturated heterocycles. The molecule has 6 heteroatoms. The summed E-state index contributed by atoms with van der Waals surface area (Å²) in [5.41, 5.74) is 1.08. The second kappa shape index (κ2) is 6.35. The van der Waals surface area contributed by atoms with E-state index in [2.05, 4.69) is 5.32 Å². The topological polar surface area (TPSA) is 66.4 Å². The van der Waals surface area contributed by atoms with Crippen LogP contribution >= 0.6 is 11.6 Å². The second-order valence-electron chi connectivity index (χ2n) is 3.87. The minimum Gasteiger partial charge on any atom is -0.310 e. The molecule has 0 fully saturated rings. The van der Waals surface area contributed by atoms with Gasteiger partial charge in [-0.1, -0.05) is 23.7 Å². The van der Waals surface area contributed by atoms with Crippen molar-refractivity contribution in [1.29, 1.82) is 0 Å². The van der Waals surface area contributed by atoms with Gasteiger partial charge in [0.15, 0.2) is 0 Å². The molecule has 1 rings (SSSR count). The first-order chi connectivity index (χ1) is 7.88. The van der Waals surface area contributed by atoms with E-state index >= 15 is 0 Å². The highest BCUT2D eigenvalue weighted by Crippen LogP contribution is 2.15. The highest BCUT2D eigenvalue weighted by atomic mass is 35.5. The van der Waals surface area contributed by atoms with Gasteiger partial charge in [0.1, 0.15) is 0 Å². The van der Waals surface area contributed by atoms with Crippen molar-refractivity contribution >= 4 is 21.7 Å². The number of benzene rings is 1. The van der Waals surface area contributed by atoms with Crippen molar-refractivity contribution in [2.75, 3.05) is 12.3 Å². The molecule has 0 heterocycles. The summed E-state index contributed by atoms with van der Waals surface area (Å²) in [6.45, 7) is 2.51. The first-order valence-corrected chi connectivity index (χ1v) is 7.31. The Balaban J connectivity index is 2.35. The third kappa shape index (κ3) is 6.02. The molecule has 0 aliphatic heterocycles. The van der Waals surface area contributed by atoms with E-state index in [0.29, 0.717) is 18.0 Å². The first-order valence-electron chi connectivity index (χ1n) is 5.32. The van der Waals surface area contributed by atoms with Crippen LogP contribution in [0.1, 0.15) is 24.9 Å². The van der Waals surface area contributed by atoms with E-state index in [1.165, 1.54) is 0 Å². The summed E-state index contributed by atoms with van der Waals surface area (Å²) in [7, 11) is -3.85. The summed E-state index contributed by atoms with van der Waals surface area (Å²) in [5.74, 6) is -0.215. The highest BCUT2D eigenvalue weighted by molar-refractivity contribution is 7.85. The summed E-state index contributed by atoms with van der Waals surface area (Å²) < 4.78 is 29.6. The van der Waals surface area contributed by atoms with Crippen molar-refractivity contribution in [1.82, 2.24) is 5.32 Å². The number of halogens is 1. The predicted molar refractivity (Wildman–Crippen MR) is 68.9 cm³/mol. The SMILES string of the molecule is C[C@H](NCCCS(=O)(=O)O)c1ccc(Cl)cc1. The van der Waals surface area contributed by atoms with E-state index in [-0.39, 0.29) is 11.8 Å². The minimum atomic E-state index is -3.85. The van der Waals surface area contributed by atoms with E-state index in [1.54, 1.807) is 0 Å². The molecule has 1 atom stereocenters. The molecule has 1 aromatic rings. The number of rotatable bonds is 6. The van der Waals surface area contributed by atoms with Crippen LogP contribution in [-0.4, -0.2) is 25.3 Å². The predicted octanol–water partition coefficient (Wildman–Crippen LogP) is 2.27. The molecular weight excluding hydrogens is 262 g/mol. The van der Waals surface area contributed by atoms with Gasteiger partial charge in [0, 0.05) is 11.1 Å². The average Bonchev–Trinajstić information content (AvgIpc) is 2.24. The normalized spacial score (nSPS) is 13.6. The zero-order valence-corrected chi connectivity index (χ0v) is 11.1. The third-order valence-corrected chi connectivity index (χ3v) is 3.46. The van der Waals surface area contributed by atoms with Gasteiger partial charge in [-0.25, -0.2) is 0 Å². The lowest BCUT2D eigenvalue weighted by molar-refractivity contribution is 0.477. The molecule has 0 aliphatic rings. The van der Waals surface area contributed by atoms with Crippen molar-refractivity contribution in [3.8, 4) is 0 Å². The van der Waals surface area contributed by atoms with Crippen molar-refractivity contribution in [2.45, 2.75) is 19.4 Å². The fourth-order valence-electron chi connectivity index (χ4n) is 1.44. The van der Waals surface area contributed by atoms with Crippen molar-refractivity contribution in [3.05, 3.63) is 34.9 Å². The molecule has 0 saturated carbocycles. The van der Waals surface area contributed by atoms with Gasteiger partial charge < -0.3 is 5.32 Å². The van der Waals surface area contributed by atoms with Crippen LogP contribution in [0.2, 0.25) is 5.02 Å². The Bertz CT molecular complexity index is 444. The first kappa shape index (κ1) is 14.4. The molecule has 0 aromatic heterocycles. The summed E-state index contributed by atoms with van der Waals surface area (Å²) in [4.78, 5) is 0. The van der Waals surface area contributed by atoms with Crippen molar-refractivity contribution in [2.24, 2.45) is 0 Å². The number of hydrogen-bond acceptors (Lipinski definition) is 3. The van der Waals surface area contributed by atoms with E-state index in [1.807, 2.05) is 31.2 Å². The zero-order valence-electron chi connectivity index (χ0n) is 9.56. The molecule has 0 amide bonds. The van der Waals surface area contributed by atoms with Gasteiger partial charge >= 0.3 is 0 Å². The van der Waals surface area contributed by atoms with Crippen LogP contribution in [0, 0.1) is 0 Å². The largest absolute Gasteiger partial charge is 0.310 e. The molecule has 0 aliphatic carbocycles. The Morgan fingerprint density at radius 3 is 2.47 bits per heavy atom. The van der Waals surface area contributed by atoms with Gasteiger partial charge in [-0.3, -0.25) is 4.55 Å².